The normalized spacial score (nSPS) is 19.2. The molecule has 3 N–H and O–H groups in total. The molecule has 1 fully saturated rings. The molecular weight excluding hydrogens is 334 g/mol. The molecule has 0 spiro atoms. The average molecular weight is 355 g/mol. The van der Waals surface area contributed by atoms with Crippen LogP contribution < -0.4 is 15.8 Å². The molecule has 1 unspecified atom stereocenters. The molecule has 1 aliphatic heterocycles. The van der Waals surface area contributed by atoms with E-state index in [1.807, 2.05) is 17.4 Å². The van der Waals surface area contributed by atoms with Gasteiger partial charge >= 0.3 is 6.03 Å². The number of primary amides is 1. The highest BCUT2D eigenvalue weighted by Crippen LogP contribution is 2.21. The summed E-state index contributed by atoms with van der Waals surface area (Å²) in [5.74, 6) is 0.266. The number of nitrogens with two attached hydrogens (primary N) is 1. The van der Waals surface area contributed by atoms with E-state index in [1.54, 1.807) is 24.1 Å². The molecule has 1 aromatic rings. The maximum absolute atomic E-state index is 11.8. The van der Waals surface area contributed by atoms with Gasteiger partial charge in [0.05, 0.1) is 25.2 Å². The monoisotopic (exact) mass is 355 g/mol. The number of rotatable bonds is 6. The molecular formula is C15H21N3O5S. The molecule has 2 rings (SSSR count). The second-order valence-corrected chi connectivity index (χ2v) is 7.95. The highest BCUT2D eigenvalue weighted by atomic mass is 32.2. The molecule has 1 atom stereocenters. The van der Waals surface area contributed by atoms with Gasteiger partial charge in [0.1, 0.15) is 5.75 Å². The van der Waals surface area contributed by atoms with Crippen LogP contribution in [0.5, 0.6) is 5.75 Å². The SMILES string of the molecule is COc1ccc(CN(CC(=O)NC(N)=O)C2CCS(=O)(=O)C2)cc1. The minimum Gasteiger partial charge on any atom is -0.497 e. The summed E-state index contributed by atoms with van der Waals surface area (Å²) < 4.78 is 28.6. The standard InChI is InChI=1S/C15H21N3O5S/c1-23-13-4-2-11(3-5-13)8-18(9-14(19)17-15(16)20)12-6-7-24(21,22)10-12/h2-5,12H,6-10H2,1H3,(H3,16,17,19,20). The molecule has 0 aliphatic carbocycles. The third-order valence-corrected chi connectivity index (χ3v) is 5.63. The molecule has 1 aliphatic rings. The van der Waals surface area contributed by atoms with E-state index in [0.29, 0.717) is 18.7 Å². The average Bonchev–Trinajstić information content (AvgIpc) is 2.86. The van der Waals surface area contributed by atoms with Crippen LogP contribution in [0.25, 0.3) is 0 Å². The Morgan fingerprint density at radius 2 is 2.00 bits per heavy atom. The van der Waals surface area contributed by atoms with Gasteiger partial charge in [-0.05, 0) is 24.1 Å². The lowest BCUT2D eigenvalue weighted by atomic mass is 10.1. The van der Waals surface area contributed by atoms with E-state index in [2.05, 4.69) is 0 Å². The highest BCUT2D eigenvalue weighted by molar-refractivity contribution is 7.91. The molecule has 24 heavy (non-hydrogen) atoms. The lowest BCUT2D eigenvalue weighted by Gasteiger charge is -2.27. The van der Waals surface area contributed by atoms with Crippen LogP contribution in [0.1, 0.15) is 12.0 Å². The van der Waals surface area contributed by atoms with Gasteiger partial charge in [0.2, 0.25) is 5.91 Å². The zero-order valence-electron chi connectivity index (χ0n) is 13.4. The molecule has 0 radical (unpaired) electrons. The number of benzene rings is 1. The fourth-order valence-corrected chi connectivity index (χ4v) is 4.47. The van der Waals surface area contributed by atoms with Gasteiger partial charge in [-0.2, -0.15) is 0 Å². The van der Waals surface area contributed by atoms with E-state index < -0.39 is 21.8 Å². The molecule has 132 valence electrons. The summed E-state index contributed by atoms with van der Waals surface area (Å²) in [6.45, 7) is 0.283. The maximum atomic E-state index is 11.8. The number of hydrogen-bond acceptors (Lipinski definition) is 6. The summed E-state index contributed by atoms with van der Waals surface area (Å²) in [6.07, 6.45) is 0.461. The third kappa shape index (κ3) is 5.20. The Morgan fingerprint density at radius 3 is 2.50 bits per heavy atom. The van der Waals surface area contributed by atoms with E-state index >= 15 is 0 Å². The van der Waals surface area contributed by atoms with Crippen LogP contribution in [-0.4, -0.2) is 56.5 Å². The van der Waals surface area contributed by atoms with E-state index in [-0.39, 0.29) is 24.1 Å². The second kappa shape index (κ2) is 7.63. The lowest BCUT2D eigenvalue weighted by molar-refractivity contribution is -0.121. The predicted octanol–water partition coefficient (Wildman–Crippen LogP) is -0.121. The topological polar surface area (TPSA) is 119 Å². The predicted molar refractivity (Wildman–Crippen MR) is 88.2 cm³/mol. The zero-order chi connectivity index (χ0) is 17.7. The Hall–Kier alpha value is -2.13. The van der Waals surface area contributed by atoms with E-state index in [9.17, 15) is 18.0 Å². The first-order chi connectivity index (χ1) is 11.3. The Kier molecular flexibility index (Phi) is 5.79. The van der Waals surface area contributed by atoms with Crippen molar-refractivity contribution >= 4 is 21.8 Å². The summed E-state index contributed by atoms with van der Waals surface area (Å²) in [4.78, 5) is 24.4. The number of carbonyl (C=O) groups is 2. The summed E-state index contributed by atoms with van der Waals surface area (Å²) in [5.41, 5.74) is 5.86. The van der Waals surface area contributed by atoms with Crippen LogP contribution >= 0.6 is 0 Å². The minimum atomic E-state index is -3.09. The van der Waals surface area contributed by atoms with Crippen molar-refractivity contribution in [2.75, 3.05) is 25.2 Å². The highest BCUT2D eigenvalue weighted by Gasteiger charge is 2.33. The number of urea groups is 1. The number of imide groups is 1. The molecule has 0 saturated carbocycles. The largest absolute Gasteiger partial charge is 0.497 e. The van der Waals surface area contributed by atoms with Crippen molar-refractivity contribution < 1.29 is 22.7 Å². The van der Waals surface area contributed by atoms with Crippen molar-refractivity contribution in [3.8, 4) is 5.75 Å². The van der Waals surface area contributed by atoms with Gasteiger partial charge < -0.3 is 10.5 Å². The van der Waals surface area contributed by atoms with Gasteiger partial charge in [-0.3, -0.25) is 15.0 Å². The number of ether oxygens (including phenoxy) is 1. The number of methoxy groups -OCH3 is 1. The maximum Gasteiger partial charge on any atom is 0.318 e. The van der Waals surface area contributed by atoms with E-state index in [4.69, 9.17) is 10.5 Å². The van der Waals surface area contributed by atoms with Gasteiger partial charge in [0.15, 0.2) is 9.84 Å². The van der Waals surface area contributed by atoms with Crippen molar-refractivity contribution in [3.63, 3.8) is 0 Å². The van der Waals surface area contributed by atoms with Crippen LogP contribution in [0.3, 0.4) is 0 Å². The number of hydrogen-bond donors (Lipinski definition) is 2. The number of nitrogens with one attached hydrogen (secondary N) is 1. The van der Waals surface area contributed by atoms with Crippen LogP contribution in [0.15, 0.2) is 24.3 Å². The number of carbonyl (C=O) groups excluding carboxylic acids is 2. The van der Waals surface area contributed by atoms with Gasteiger partial charge in [-0.25, -0.2) is 13.2 Å². The zero-order valence-corrected chi connectivity index (χ0v) is 14.2. The van der Waals surface area contributed by atoms with Crippen molar-refractivity contribution in [3.05, 3.63) is 29.8 Å². The van der Waals surface area contributed by atoms with Gasteiger partial charge in [0.25, 0.3) is 0 Å². The first-order valence-corrected chi connectivity index (χ1v) is 9.28. The Balaban J connectivity index is 2.12. The summed E-state index contributed by atoms with van der Waals surface area (Å²) in [7, 11) is -1.52. The van der Waals surface area contributed by atoms with Crippen LogP contribution in [-0.2, 0) is 21.2 Å². The number of amides is 3. The fraction of sp³-hybridized carbons (Fsp3) is 0.467. The smallest absolute Gasteiger partial charge is 0.318 e. The molecule has 1 saturated heterocycles. The molecule has 0 aromatic heterocycles. The summed E-state index contributed by atoms with van der Waals surface area (Å²) >= 11 is 0. The third-order valence-electron chi connectivity index (χ3n) is 3.88. The molecule has 0 bridgehead atoms. The van der Waals surface area contributed by atoms with Crippen molar-refractivity contribution in [2.45, 2.75) is 19.0 Å². The first-order valence-electron chi connectivity index (χ1n) is 7.46. The van der Waals surface area contributed by atoms with Crippen LogP contribution in [0.2, 0.25) is 0 Å². The number of sulfone groups is 1. The van der Waals surface area contributed by atoms with Gasteiger partial charge in [0, 0.05) is 12.6 Å². The van der Waals surface area contributed by atoms with Gasteiger partial charge in [-0.15, -0.1) is 0 Å². The van der Waals surface area contributed by atoms with Crippen LogP contribution in [0, 0.1) is 0 Å². The molecule has 8 nitrogen and oxygen atoms in total. The Labute approximate surface area is 140 Å². The minimum absolute atomic E-state index is 0.00695. The molecule has 3 amide bonds. The quantitative estimate of drug-likeness (QED) is 0.734. The van der Waals surface area contributed by atoms with Crippen molar-refractivity contribution in [1.29, 1.82) is 0 Å². The lowest BCUT2D eigenvalue weighted by Crippen LogP contribution is -2.46. The summed E-state index contributed by atoms with van der Waals surface area (Å²) in [5, 5.41) is 2.01. The van der Waals surface area contributed by atoms with Crippen molar-refractivity contribution in [2.24, 2.45) is 5.73 Å². The van der Waals surface area contributed by atoms with Crippen LogP contribution in [0.4, 0.5) is 4.79 Å². The fourth-order valence-electron chi connectivity index (χ4n) is 2.70. The van der Waals surface area contributed by atoms with E-state index in [1.165, 1.54) is 0 Å². The van der Waals surface area contributed by atoms with Gasteiger partial charge in [-0.1, -0.05) is 12.1 Å². The first kappa shape index (κ1) is 18.2. The Bertz CT molecular complexity index is 702. The Morgan fingerprint density at radius 1 is 1.33 bits per heavy atom. The molecule has 1 aromatic carbocycles. The number of nitrogens with zero attached hydrogens (tertiary/aromatic N) is 1. The second-order valence-electron chi connectivity index (χ2n) is 5.72. The molecule has 1 heterocycles. The van der Waals surface area contributed by atoms with Crippen molar-refractivity contribution in [1.82, 2.24) is 10.2 Å². The molecule has 9 heteroatoms. The van der Waals surface area contributed by atoms with E-state index in [0.717, 1.165) is 5.56 Å². The summed E-state index contributed by atoms with van der Waals surface area (Å²) in [6, 6.07) is 6.09.